The van der Waals surface area contributed by atoms with Gasteiger partial charge in [0.25, 0.3) is 0 Å². The Hall–Kier alpha value is -8.98. The van der Waals surface area contributed by atoms with Gasteiger partial charge in [-0.25, -0.2) is 31.9 Å². The first kappa shape index (κ1) is 123. The molecule has 24 nitrogen and oxygen atoms in total. The second-order valence-corrected chi connectivity index (χ2v) is 34.1. The van der Waals surface area contributed by atoms with Gasteiger partial charge in [0.05, 0.1) is 140 Å². The van der Waals surface area contributed by atoms with Gasteiger partial charge in [0.1, 0.15) is 5.15 Å². The molecule has 17 rings (SSSR count). The average molecular weight is 2200 g/mol. The van der Waals surface area contributed by atoms with Gasteiger partial charge in [-0.05, 0) is 184 Å². The predicted molar refractivity (Wildman–Crippen MR) is 539 cm³/mol. The number of nitrogens with one attached hydrogen (secondary N) is 1. The summed E-state index contributed by atoms with van der Waals surface area (Å²) >= 11 is 45.9. The van der Waals surface area contributed by atoms with E-state index in [-0.39, 0.29) is 127 Å². The fraction of sp³-hybridized carbons (Fsp3) is 0.232. The molecule has 721 valence electrons. The molecule has 1 aliphatic rings. The number of carbonyl (C=O) groups is 3. The van der Waals surface area contributed by atoms with Crippen molar-refractivity contribution in [2.75, 3.05) is 33.0 Å². The number of benzene rings is 8. The summed E-state index contributed by atoms with van der Waals surface area (Å²) in [6, 6.07) is 41.9. The minimum atomic E-state index is -0.987. The number of esters is 3. The van der Waals surface area contributed by atoms with Crippen LogP contribution < -0.4 is 35.8 Å². The molecule has 43 heteroatoms. The van der Waals surface area contributed by atoms with Gasteiger partial charge in [-0.1, -0.05) is 157 Å². The SMILES string of the molecule is C1CCOC1.CCCn1cc(-n2c(Cl)c(Sc3cccc(C(=O)OCC)c3)c3ccc(Cl)c(F)c32)cn1.CCCn1cc(-n2cc(Sc3cccc(C(=O)OCC)c3)c3ccc(Cl)c(F)c32)cn1.CCCn1cc(-n2ccc3ccc(Cl)c(F)c32)cn1.CCCn1cc(Br)cn1.CCOC(=O)c1cccc(S)c1.Fc1c(Cl)ccc2cc[nH]c12.O.O=[N+]([O-])c1cccc(Cl)c1F.[B].[Br-].[CH-]=C.[Li+].[Mg+2].[OH-]. The zero-order valence-electron chi connectivity index (χ0n) is 76.1. The van der Waals surface area contributed by atoms with Crippen molar-refractivity contribution >= 4 is 220 Å². The van der Waals surface area contributed by atoms with Crippen molar-refractivity contribution in [3.63, 3.8) is 0 Å². The van der Waals surface area contributed by atoms with Gasteiger partial charge in [0.2, 0.25) is 5.82 Å². The summed E-state index contributed by atoms with van der Waals surface area (Å²) in [5.41, 5.74) is 4.73. The number of nitro benzene ring substituents is 1. The van der Waals surface area contributed by atoms with Crippen LogP contribution in [-0.4, -0.2) is 156 Å². The van der Waals surface area contributed by atoms with E-state index in [2.05, 4.69) is 94.8 Å². The van der Waals surface area contributed by atoms with Crippen LogP contribution in [0.2, 0.25) is 30.3 Å². The van der Waals surface area contributed by atoms with E-state index in [0.29, 0.717) is 74.2 Å². The number of carbonyl (C=O) groups excluding carboxylic acids is 3. The maximum absolute atomic E-state index is 15.2. The Balaban J connectivity index is 0.000000425. The Morgan fingerprint density at radius 3 is 1.43 bits per heavy atom. The molecule has 8 aromatic carbocycles. The van der Waals surface area contributed by atoms with Gasteiger partial charge in [0, 0.05) is 138 Å². The molecule has 1 aliphatic heterocycles. The van der Waals surface area contributed by atoms with Crippen molar-refractivity contribution in [3.05, 3.63) is 324 Å². The number of nitro groups is 1. The molecule has 16 aromatic rings. The van der Waals surface area contributed by atoms with E-state index >= 15 is 8.78 Å². The molecule has 0 unspecified atom stereocenters. The topological polar surface area (TPSA) is 295 Å². The molecule has 8 aromatic heterocycles. The Bertz CT molecular complexity index is 6590. The molecule has 1 fully saturated rings. The Morgan fingerprint density at radius 2 is 0.957 bits per heavy atom. The number of hydrogen-bond acceptors (Lipinski definition) is 17. The van der Waals surface area contributed by atoms with Crippen LogP contribution >= 0.6 is 122 Å². The van der Waals surface area contributed by atoms with Crippen LogP contribution in [0.25, 0.3) is 60.7 Å². The maximum Gasteiger partial charge on any atom is 2.00 e. The minimum absolute atomic E-state index is 0. The molecule has 0 atom stereocenters. The monoisotopic (exact) mass is 2190 g/mol. The first-order valence-corrected chi connectivity index (χ1v) is 46.5. The molecule has 0 saturated carbocycles. The van der Waals surface area contributed by atoms with Crippen LogP contribution in [0, 0.1) is 45.8 Å². The molecule has 0 bridgehead atoms. The summed E-state index contributed by atoms with van der Waals surface area (Å²) in [4.78, 5) is 51.3. The molecular weight excluding hydrogens is 2100 g/mol. The fourth-order valence-electron chi connectivity index (χ4n) is 12.8. The summed E-state index contributed by atoms with van der Waals surface area (Å²) in [5.74, 6) is -3.86. The van der Waals surface area contributed by atoms with Crippen molar-refractivity contribution in [1.29, 1.82) is 0 Å². The van der Waals surface area contributed by atoms with E-state index in [0.717, 1.165) is 123 Å². The number of fused-ring (bicyclic) bond motifs is 4. The summed E-state index contributed by atoms with van der Waals surface area (Å²) in [6.07, 6.45) is 26.4. The summed E-state index contributed by atoms with van der Waals surface area (Å²) in [7, 11) is 0. The smallest absolute Gasteiger partial charge is 1.00 e. The number of rotatable bonds is 22. The molecule has 0 amide bonds. The molecule has 0 aliphatic carbocycles. The second kappa shape index (κ2) is 62.3. The van der Waals surface area contributed by atoms with E-state index in [9.17, 15) is 37.7 Å². The van der Waals surface area contributed by atoms with Crippen molar-refractivity contribution in [3.8, 4) is 17.1 Å². The van der Waals surface area contributed by atoms with E-state index < -0.39 is 39.8 Å². The Morgan fingerprint density at radius 1 is 0.529 bits per heavy atom. The van der Waals surface area contributed by atoms with Crippen LogP contribution in [0.4, 0.5) is 27.6 Å². The van der Waals surface area contributed by atoms with Gasteiger partial charge in [0.15, 0.2) is 23.3 Å². The number of nitrogens with zero attached hydrogens (tertiary/aromatic N) is 12. The van der Waals surface area contributed by atoms with Crippen molar-refractivity contribution in [2.24, 2.45) is 0 Å². The number of thiol groups is 1. The largest absolute Gasteiger partial charge is 2.00 e. The number of halogens is 13. The first-order valence-electron chi connectivity index (χ1n) is 41.4. The summed E-state index contributed by atoms with van der Waals surface area (Å²) in [6.45, 7) is 27.0. The molecule has 138 heavy (non-hydrogen) atoms. The number of aromatic nitrogens is 12. The van der Waals surface area contributed by atoms with E-state index in [1.165, 1.54) is 54.6 Å². The molecule has 9 heterocycles. The van der Waals surface area contributed by atoms with E-state index in [1.54, 1.807) is 161 Å². The Labute approximate surface area is 888 Å². The summed E-state index contributed by atoms with van der Waals surface area (Å²) < 4.78 is 104. The maximum atomic E-state index is 15.2. The quantitative estimate of drug-likeness (QED) is 0.00931. The van der Waals surface area contributed by atoms with Gasteiger partial charge < -0.3 is 67.6 Å². The van der Waals surface area contributed by atoms with Crippen molar-refractivity contribution in [1.82, 2.24) is 57.8 Å². The van der Waals surface area contributed by atoms with Crippen LogP contribution in [-0.2, 0) is 45.1 Å². The van der Waals surface area contributed by atoms with Crippen LogP contribution in [0.3, 0.4) is 0 Å². The third-order valence-corrected chi connectivity index (χ3v) is 23.4. The van der Waals surface area contributed by atoms with Gasteiger partial charge in [-0.3, -0.25) is 40.0 Å². The van der Waals surface area contributed by atoms with Gasteiger partial charge >= 0.3 is 65.5 Å². The van der Waals surface area contributed by atoms with Crippen molar-refractivity contribution < 1.29 is 107 Å². The predicted octanol–water partition coefficient (Wildman–Crippen LogP) is 20.6. The third-order valence-electron chi connectivity index (χ3n) is 18.6. The number of aromatic amines is 1. The number of aryl methyl sites for hydroxylation is 4. The normalized spacial score (nSPS) is 10.7. The summed E-state index contributed by atoms with van der Waals surface area (Å²) in [5, 5.41) is 30.6. The average Bonchev–Trinajstić information content (AvgIpc) is 1.58. The van der Waals surface area contributed by atoms with Crippen LogP contribution in [0.15, 0.2) is 255 Å². The standard InChI is InChI=1S/C23H20Cl2FN3O2S.C23H21ClFN3O2S.C14H13ClFN3.C9H10O2S.C8H5ClFN.C6H9BrN2.C6H3ClFNO2.C4H8O.C2H3.B.BrH.Li.Mg.2H2O/c1-3-10-28-13-15(12-27-28)29-20-17(8-9-18(24)19(20)26)21(22(29)25)32-16-7-5-6-14(11-16)23(30)31-4-2;1-3-10-27-13-16(12-26-27)28-14-20(18-8-9-19(24)21(25)22(18)28)31-17-7-5-6-15(11-17)23(29)30-4-2;1-2-6-18-9-11(8-17-18)19-7-5-10-3-4-12(15)13(16)14(10)19;1-2-11-9(10)7-4-3-5-8(12)6-7;9-6-2-1-5-3-4-11-8(5)7(6)10;1-2-3-9-5-6(7)4-8-9;7-4-2-1-3-5(6(4)8)9(10)11;1-2-4-5-3-1;1-2;;;;;;/h5-9,11-13H,3-4,10H2,1-2H3;5-9,11-14H,3-4,10H2,1-2H3;3-5,7-9H,2,6H2,1H3;3-6,12H,2H2,1H3;1-4,11H;4-5H,2-3H2,1H3;1-3H;1-4H2;1H,2H2;;1H;;;2*1H2/q;;;;;;;;-1;;;+1;+2;;/p-2. The zero-order chi connectivity index (χ0) is 95.7. The van der Waals surface area contributed by atoms with Crippen molar-refractivity contribution in [2.45, 2.75) is 138 Å². The second-order valence-electron chi connectivity index (χ2n) is 28.0. The molecule has 0 spiro atoms. The third kappa shape index (κ3) is 33.9. The minimum Gasteiger partial charge on any atom is -1.00 e. The van der Waals surface area contributed by atoms with Gasteiger partial charge in [-0.15, -0.1) is 12.6 Å². The molecule has 4 N–H and O–H groups in total. The molecular formula is C95H95BBr2Cl6F5LiMgN13O11S3. The fourth-order valence-corrected chi connectivity index (χ4v) is 16.5. The Kier molecular flexibility index (Phi) is 55.6. The van der Waals surface area contributed by atoms with Crippen LogP contribution in [0.5, 0.6) is 0 Å². The van der Waals surface area contributed by atoms with E-state index in [4.69, 9.17) is 88.6 Å². The number of hydrogen-bond donors (Lipinski definition) is 2. The van der Waals surface area contributed by atoms with Crippen LogP contribution in [0.1, 0.15) is 118 Å². The molecule has 1 saturated heterocycles. The first-order chi connectivity index (χ1) is 63.6. The molecule has 3 radical (unpaired) electrons. The zero-order valence-corrected chi connectivity index (χ0v) is 87.8. The number of ether oxygens (including phenoxy) is 4. The number of H-pyrrole nitrogens is 1. The van der Waals surface area contributed by atoms with Gasteiger partial charge in [-0.2, -0.15) is 24.8 Å². The van der Waals surface area contributed by atoms with E-state index in [1.807, 2.05) is 87.6 Å².